The van der Waals surface area contributed by atoms with Gasteiger partial charge in [-0.05, 0) is 46.7 Å². The molecule has 0 radical (unpaired) electrons. The maximum Gasteiger partial charge on any atom is 0 e. The fourth-order valence-electron chi connectivity index (χ4n) is 1.40. The third kappa shape index (κ3) is 15.1. The molecule has 0 saturated heterocycles. The fraction of sp³-hybridized carbons (Fsp3) is 0.600. The van der Waals surface area contributed by atoms with E-state index in [1.54, 1.807) is 0 Å². The zero-order chi connectivity index (χ0) is 14.1. The monoisotopic (exact) mass is 257 g/mol. The highest BCUT2D eigenvalue weighted by Crippen LogP contribution is 1.88. The first-order valence-electron chi connectivity index (χ1n) is 6.79. The first kappa shape index (κ1) is 19.4. The van der Waals surface area contributed by atoms with Gasteiger partial charge in [0.25, 0.3) is 0 Å². The average molecular weight is 257 g/mol. The molecule has 0 aliphatic rings. The van der Waals surface area contributed by atoms with Gasteiger partial charge in [-0.25, -0.2) is 0 Å². The molecule has 0 atom stereocenters. The van der Waals surface area contributed by atoms with Crippen LogP contribution in [0.5, 0.6) is 0 Å². The Morgan fingerprint density at radius 1 is 0.944 bits per heavy atom. The lowest BCUT2D eigenvalue weighted by Crippen LogP contribution is -2.26. The molecule has 0 spiro atoms. The molecule has 1 aromatic rings. The van der Waals surface area contributed by atoms with Crippen molar-refractivity contribution < 1.29 is 2.85 Å². The largest absolute Gasteiger partial charge is 0.333 e. The summed E-state index contributed by atoms with van der Waals surface area (Å²) >= 11 is 0. The molecule has 0 amide bonds. The molecule has 1 rings (SSSR count). The minimum atomic E-state index is 0. The molecule has 0 saturated carbocycles. The quantitative estimate of drug-likeness (QED) is 0.770. The van der Waals surface area contributed by atoms with Gasteiger partial charge in [0.1, 0.15) is 0 Å². The smallest absolute Gasteiger partial charge is 0 e. The maximum absolute atomic E-state index is 4.50. The second kappa shape index (κ2) is 18.5. The third-order valence-corrected chi connectivity index (χ3v) is 2.46. The number of rotatable bonds is 6. The molecule has 18 heavy (non-hydrogen) atoms. The second-order valence-electron chi connectivity index (χ2n) is 3.64. The second-order valence-corrected chi connectivity index (χ2v) is 3.64. The van der Waals surface area contributed by atoms with Crippen LogP contribution in [-0.2, 0) is 0 Å². The molecular weight excluding hydrogens is 222 g/mol. The van der Waals surface area contributed by atoms with Crippen LogP contribution in [0.4, 0.5) is 0 Å². The molecule has 1 aromatic carbocycles. The Hall–Kier alpha value is -0.900. The van der Waals surface area contributed by atoms with E-state index in [2.05, 4.69) is 29.8 Å². The first-order valence-corrected chi connectivity index (χ1v) is 6.79. The Bertz CT molecular complexity index is 193. The molecule has 0 fully saturated rings. The third-order valence-electron chi connectivity index (χ3n) is 2.46. The Labute approximate surface area is 116 Å². The predicted molar refractivity (Wildman–Crippen MR) is 87.1 cm³/mol. The predicted octanol–water partition coefficient (Wildman–Crippen LogP) is 2.69. The van der Waals surface area contributed by atoms with E-state index in [1.807, 2.05) is 43.4 Å². The van der Waals surface area contributed by atoms with E-state index >= 15 is 0 Å². The van der Waals surface area contributed by atoms with Crippen LogP contribution < -0.4 is 11.1 Å². The highest BCUT2D eigenvalue weighted by molar-refractivity contribution is 4.99. The zero-order valence-corrected chi connectivity index (χ0v) is 12.5. The molecule has 110 valence electrons. The van der Waals surface area contributed by atoms with Crippen molar-refractivity contribution in [3.8, 4) is 0 Å². The molecule has 0 aliphatic heterocycles. The molecule has 0 aromatic heterocycles. The van der Waals surface area contributed by atoms with Crippen LogP contribution in [0, 0.1) is 0 Å². The summed E-state index contributed by atoms with van der Waals surface area (Å²) in [6.45, 7) is 9.15. The topological polar surface area (TPSA) is 41.3 Å². The highest BCUT2D eigenvalue weighted by Gasteiger charge is 1.95. The van der Waals surface area contributed by atoms with E-state index in [0.717, 1.165) is 6.54 Å². The number of nitrogens with one attached hydrogen (secondary N) is 1. The van der Waals surface area contributed by atoms with Gasteiger partial charge in [-0.15, -0.1) is 0 Å². The van der Waals surface area contributed by atoms with Crippen LogP contribution in [0.25, 0.3) is 0 Å². The molecule has 3 nitrogen and oxygen atoms in total. The lowest BCUT2D eigenvalue weighted by atomic mass is 10.4. The van der Waals surface area contributed by atoms with Crippen molar-refractivity contribution >= 4 is 0 Å². The van der Waals surface area contributed by atoms with Gasteiger partial charge in [0.2, 0.25) is 0 Å². The van der Waals surface area contributed by atoms with E-state index in [1.165, 1.54) is 33.1 Å². The van der Waals surface area contributed by atoms with Crippen molar-refractivity contribution in [2.45, 2.75) is 20.3 Å². The molecule has 0 bridgehead atoms. The number of hydrogen-bond donors (Lipinski definition) is 2. The van der Waals surface area contributed by atoms with Gasteiger partial charge in [0, 0.05) is 2.85 Å². The van der Waals surface area contributed by atoms with Crippen molar-refractivity contribution in [3.63, 3.8) is 0 Å². The lowest BCUT2D eigenvalue weighted by molar-refractivity contribution is 0.299. The average Bonchev–Trinajstić information content (AvgIpc) is 2.48. The Morgan fingerprint density at radius 2 is 1.33 bits per heavy atom. The van der Waals surface area contributed by atoms with Crippen LogP contribution in [0.15, 0.2) is 36.4 Å². The Kier molecular flexibility index (Phi) is 19.9. The van der Waals surface area contributed by atoms with Crippen LogP contribution in [0.2, 0.25) is 0 Å². The Balaban J connectivity index is -0.000000111. The van der Waals surface area contributed by atoms with E-state index in [9.17, 15) is 0 Å². The minimum absolute atomic E-state index is 0. The summed E-state index contributed by atoms with van der Waals surface area (Å²) in [6, 6.07) is 12.0. The number of benzene rings is 1. The van der Waals surface area contributed by atoms with Crippen molar-refractivity contribution in [1.82, 2.24) is 10.2 Å². The van der Waals surface area contributed by atoms with Crippen molar-refractivity contribution in [2.75, 3.05) is 40.3 Å². The van der Waals surface area contributed by atoms with Crippen molar-refractivity contribution in [2.24, 2.45) is 5.73 Å². The summed E-state index contributed by atoms with van der Waals surface area (Å²) in [4.78, 5) is 2.44. The van der Waals surface area contributed by atoms with Crippen molar-refractivity contribution in [1.29, 1.82) is 0 Å². The summed E-state index contributed by atoms with van der Waals surface area (Å²) in [6.07, 6.45) is 1.26. The van der Waals surface area contributed by atoms with E-state index in [0.29, 0.717) is 0 Å². The Morgan fingerprint density at radius 3 is 1.61 bits per heavy atom. The normalized spacial score (nSPS) is 9.00. The number of hydrogen-bond acceptors (Lipinski definition) is 3. The van der Waals surface area contributed by atoms with Gasteiger partial charge in [-0.2, -0.15) is 0 Å². The molecular formula is C15H35N3. The molecule has 0 unspecified atom stereocenters. The standard InChI is InChI=1S/C8H20N2.C6H6.CH5N.2H2/c1-4-10(5-2)8-6-7-9-3;1-2-4-6-5-3-1;1-2;;/h9H,4-8H2,1-3H3;1-6H;2H2,1H3;2*1H. The SMILES string of the molecule is CCN(CC)CCCNC.CN.[HH].[HH].c1ccccc1. The summed E-state index contributed by atoms with van der Waals surface area (Å²) in [5.74, 6) is 0. The van der Waals surface area contributed by atoms with Gasteiger partial charge in [0.05, 0.1) is 0 Å². The molecule has 3 heteroatoms. The van der Waals surface area contributed by atoms with Crippen LogP contribution in [0.3, 0.4) is 0 Å². The van der Waals surface area contributed by atoms with Gasteiger partial charge in [0.15, 0.2) is 0 Å². The first-order chi connectivity index (χ1) is 8.85. The highest BCUT2D eigenvalue weighted by atomic mass is 15.1. The van der Waals surface area contributed by atoms with Crippen molar-refractivity contribution in [3.05, 3.63) is 36.4 Å². The molecule has 0 aliphatic carbocycles. The van der Waals surface area contributed by atoms with Gasteiger partial charge < -0.3 is 16.0 Å². The summed E-state index contributed by atoms with van der Waals surface area (Å²) < 4.78 is 0. The van der Waals surface area contributed by atoms with E-state index < -0.39 is 0 Å². The molecule has 0 heterocycles. The zero-order valence-electron chi connectivity index (χ0n) is 12.5. The summed E-state index contributed by atoms with van der Waals surface area (Å²) in [7, 11) is 3.50. The van der Waals surface area contributed by atoms with Crippen LogP contribution >= 0.6 is 0 Å². The molecule has 3 N–H and O–H groups in total. The number of nitrogens with two attached hydrogens (primary N) is 1. The van der Waals surface area contributed by atoms with E-state index in [-0.39, 0.29) is 2.85 Å². The maximum atomic E-state index is 4.50. The minimum Gasteiger partial charge on any atom is -0.333 e. The number of nitrogens with zero attached hydrogens (tertiary/aromatic N) is 1. The lowest BCUT2D eigenvalue weighted by Gasteiger charge is -2.17. The van der Waals surface area contributed by atoms with Gasteiger partial charge in [-0.3, -0.25) is 0 Å². The van der Waals surface area contributed by atoms with Gasteiger partial charge in [-0.1, -0.05) is 50.2 Å². The van der Waals surface area contributed by atoms with E-state index in [4.69, 9.17) is 0 Å². The summed E-state index contributed by atoms with van der Waals surface area (Å²) in [5.41, 5.74) is 4.50. The van der Waals surface area contributed by atoms with Gasteiger partial charge >= 0.3 is 0 Å². The summed E-state index contributed by atoms with van der Waals surface area (Å²) in [5, 5.41) is 3.14. The van der Waals surface area contributed by atoms with Crippen LogP contribution in [-0.4, -0.2) is 45.2 Å². The fourth-order valence-corrected chi connectivity index (χ4v) is 1.40. The van der Waals surface area contributed by atoms with Crippen LogP contribution in [0.1, 0.15) is 23.1 Å².